The molecule has 0 saturated carbocycles. The van der Waals surface area contributed by atoms with E-state index in [0.29, 0.717) is 12.5 Å². The Labute approximate surface area is 129 Å². The van der Waals surface area contributed by atoms with Crippen LogP contribution in [0.1, 0.15) is 45.1 Å². The Hall–Kier alpha value is -1.03. The first-order valence-electron chi connectivity index (χ1n) is 7.04. The smallest absolute Gasteiger partial charge is 0.407 e. The molecular weight excluding hydrogens is 318 g/mol. The van der Waals surface area contributed by atoms with Gasteiger partial charge >= 0.3 is 6.09 Å². The Morgan fingerprint density at radius 3 is 2.65 bits per heavy atom. The molecule has 1 heterocycles. The fraction of sp³-hybridized carbons (Fsp3) is 0.562. The molecule has 2 rings (SSSR count). The maximum absolute atomic E-state index is 11.4. The second-order valence-corrected chi connectivity index (χ2v) is 7.55. The second-order valence-electron chi connectivity index (χ2n) is 6.63. The number of carbonyl (C=O) groups is 1. The largest absolute Gasteiger partial charge is 0.465 e. The van der Waals surface area contributed by atoms with Crippen LogP contribution >= 0.6 is 15.9 Å². The summed E-state index contributed by atoms with van der Waals surface area (Å²) in [5.41, 5.74) is 1.27. The van der Waals surface area contributed by atoms with E-state index in [0.717, 1.165) is 17.3 Å². The molecule has 0 radical (unpaired) electrons. The predicted molar refractivity (Wildman–Crippen MR) is 84.1 cm³/mol. The topological polar surface area (TPSA) is 40.5 Å². The maximum Gasteiger partial charge on any atom is 0.407 e. The maximum atomic E-state index is 11.4. The van der Waals surface area contributed by atoms with Crippen molar-refractivity contribution in [2.75, 3.05) is 6.54 Å². The number of halogens is 1. The Bertz CT molecular complexity index is 495. The minimum atomic E-state index is -0.794. The fourth-order valence-electron chi connectivity index (χ4n) is 3.08. The number of carboxylic acid groups (broad SMARTS) is 1. The van der Waals surface area contributed by atoms with Crippen LogP contribution in [0.4, 0.5) is 4.79 Å². The lowest BCUT2D eigenvalue weighted by Crippen LogP contribution is -2.51. The van der Waals surface area contributed by atoms with Gasteiger partial charge in [-0.3, -0.25) is 0 Å². The number of amides is 1. The molecule has 110 valence electrons. The van der Waals surface area contributed by atoms with E-state index in [2.05, 4.69) is 54.9 Å². The van der Waals surface area contributed by atoms with Crippen molar-refractivity contribution in [3.05, 3.63) is 34.3 Å². The summed E-state index contributed by atoms with van der Waals surface area (Å²) in [6, 6.07) is 8.44. The van der Waals surface area contributed by atoms with E-state index in [4.69, 9.17) is 0 Å². The molecule has 0 aliphatic carbocycles. The van der Waals surface area contributed by atoms with Crippen molar-refractivity contribution in [1.82, 2.24) is 4.90 Å². The molecule has 4 heteroatoms. The van der Waals surface area contributed by atoms with E-state index in [-0.39, 0.29) is 11.5 Å². The van der Waals surface area contributed by atoms with Crippen LogP contribution in [-0.4, -0.2) is 28.7 Å². The summed E-state index contributed by atoms with van der Waals surface area (Å²) in [7, 11) is 0. The monoisotopic (exact) mass is 339 g/mol. The molecule has 2 unspecified atom stereocenters. The fourth-order valence-corrected chi connectivity index (χ4v) is 3.50. The quantitative estimate of drug-likeness (QED) is 0.803. The first kappa shape index (κ1) is 15.4. The summed E-state index contributed by atoms with van der Waals surface area (Å²) in [4.78, 5) is 13.0. The van der Waals surface area contributed by atoms with Gasteiger partial charge < -0.3 is 10.0 Å². The summed E-state index contributed by atoms with van der Waals surface area (Å²) < 4.78 is 1.09. The van der Waals surface area contributed by atoms with Crippen molar-refractivity contribution < 1.29 is 9.90 Å². The molecule has 1 amide bonds. The normalized spacial score (nSPS) is 23.7. The highest BCUT2D eigenvalue weighted by Crippen LogP contribution is 2.39. The van der Waals surface area contributed by atoms with E-state index in [1.807, 2.05) is 6.07 Å². The average Bonchev–Trinajstić information content (AvgIpc) is 2.37. The summed E-state index contributed by atoms with van der Waals surface area (Å²) in [6.07, 6.45) is 0.999. The van der Waals surface area contributed by atoms with Crippen LogP contribution in [0.25, 0.3) is 0 Å². The van der Waals surface area contributed by atoms with Crippen LogP contribution in [0.3, 0.4) is 0 Å². The number of hydrogen-bond acceptors (Lipinski definition) is 1. The first-order chi connectivity index (χ1) is 9.29. The van der Waals surface area contributed by atoms with Gasteiger partial charge in [-0.25, -0.2) is 4.79 Å². The Balaban J connectivity index is 2.23. The SMILES string of the molecule is CC(C)(C)C1CC(c2cccc(Br)c2)CCN1C(=O)O. The molecule has 1 aliphatic rings. The van der Waals surface area contributed by atoms with Gasteiger partial charge in [-0.05, 0) is 41.9 Å². The summed E-state index contributed by atoms with van der Waals surface area (Å²) in [6.45, 7) is 6.99. The molecule has 0 aromatic heterocycles. The molecule has 0 spiro atoms. The number of piperidine rings is 1. The van der Waals surface area contributed by atoms with E-state index < -0.39 is 6.09 Å². The molecule has 0 bridgehead atoms. The van der Waals surface area contributed by atoms with Gasteiger partial charge in [-0.1, -0.05) is 48.8 Å². The zero-order chi connectivity index (χ0) is 14.9. The molecule has 20 heavy (non-hydrogen) atoms. The molecule has 3 nitrogen and oxygen atoms in total. The highest BCUT2D eigenvalue weighted by atomic mass is 79.9. The minimum absolute atomic E-state index is 0.0386. The third-order valence-electron chi connectivity index (χ3n) is 4.17. The van der Waals surface area contributed by atoms with Crippen molar-refractivity contribution >= 4 is 22.0 Å². The molecule has 1 saturated heterocycles. The number of nitrogens with zero attached hydrogens (tertiary/aromatic N) is 1. The zero-order valence-corrected chi connectivity index (χ0v) is 13.9. The van der Waals surface area contributed by atoms with Crippen molar-refractivity contribution in [3.8, 4) is 0 Å². The van der Waals surface area contributed by atoms with E-state index in [1.54, 1.807) is 4.90 Å². The molecule has 1 N–H and O–H groups in total. The Morgan fingerprint density at radius 2 is 2.10 bits per heavy atom. The average molecular weight is 340 g/mol. The Kier molecular flexibility index (Phi) is 4.43. The van der Waals surface area contributed by atoms with E-state index in [9.17, 15) is 9.90 Å². The highest BCUT2D eigenvalue weighted by Gasteiger charge is 2.38. The molecule has 1 fully saturated rings. The van der Waals surface area contributed by atoms with Gasteiger partial charge in [0.1, 0.15) is 0 Å². The lowest BCUT2D eigenvalue weighted by atomic mass is 9.75. The molecule has 1 aliphatic heterocycles. The van der Waals surface area contributed by atoms with Crippen LogP contribution < -0.4 is 0 Å². The summed E-state index contributed by atoms with van der Waals surface area (Å²) in [5, 5.41) is 9.39. The zero-order valence-electron chi connectivity index (χ0n) is 12.3. The van der Waals surface area contributed by atoms with Gasteiger partial charge in [-0.15, -0.1) is 0 Å². The van der Waals surface area contributed by atoms with Crippen LogP contribution in [0.5, 0.6) is 0 Å². The first-order valence-corrected chi connectivity index (χ1v) is 7.83. The predicted octanol–water partition coefficient (Wildman–Crippen LogP) is 4.72. The van der Waals surface area contributed by atoms with E-state index in [1.165, 1.54) is 5.56 Å². The van der Waals surface area contributed by atoms with E-state index >= 15 is 0 Å². The molecular formula is C16H22BrNO2. The third-order valence-corrected chi connectivity index (χ3v) is 4.66. The van der Waals surface area contributed by atoms with Gasteiger partial charge in [0.15, 0.2) is 0 Å². The van der Waals surface area contributed by atoms with Gasteiger partial charge in [0.2, 0.25) is 0 Å². The number of benzene rings is 1. The van der Waals surface area contributed by atoms with Gasteiger partial charge in [0, 0.05) is 17.1 Å². The van der Waals surface area contributed by atoms with Crippen LogP contribution in [0, 0.1) is 5.41 Å². The third kappa shape index (κ3) is 3.35. The number of rotatable bonds is 1. The number of likely N-dealkylation sites (tertiary alicyclic amines) is 1. The standard InChI is InChI=1S/C16H22BrNO2/c1-16(2,3)14-10-12(7-8-18(14)15(19)20)11-5-4-6-13(17)9-11/h4-6,9,12,14H,7-8,10H2,1-3H3,(H,19,20). The minimum Gasteiger partial charge on any atom is -0.465 e. The van der Waals surface area contributed by atoms with Gasteiger partial charge in [0.05, 0.1) is 0 Å². The lowest BCUT2D eigenvalue weighted by Gasteiger charge is -2.44. The summed E-state index contributed by atoms with van der Waals surface area (Å²) >= 11 is 3.51. The van der Waals surface area contributed by atoms with Crippen LogP contribution in [0.2, 0.25) is 0 Å². The van der Waals surface area contributed by atoms with Crippen molar-refractivity contribution in [2.24, 2.45) is 5.41 Å². The molecule has 1 aromatic carbocycles. The number of hydrogen-bond donors (Lipinski definition) is 1. The molecule has 1 aromatic rings. The second kappa shape index (κ2) is 5.76. The van der Waals surface area contributed by atoms with Crippen LogP contribution in [0.15, 0.2) is 28.7 Å². The Morgan fingerprint density at radius 1 is 1.40 bits per heavy atom. The van der Waals surface area contributed by atoms with Gasteiger partial charge in [0.25, 0.3) is 0 Å². The van der Waals surface area contributed by atoms with Crippen LogP contribution in [-0.2, 0) is 0 Å². The lowest BCUT2D eigenvalue weighted by molar-refractivity contribution is 0.0526. The van der Waals surface area contributed by atoms with Crippen molar-refractivity contribution in [1.29, 1.82) is 0 Å². The molecule has 2 atom stereocenters. The van der Waals surface area contributed by atoms with Crippen molar-refractivity contribution in [3.63, 3.8) is 0 Å². The highest BCUT2D eigenvalue weighted by molar-refractivity contribution is 9.10. The van der Waals surface area contributed by atoms with Gasteiger partial charge in [-0.2, -0.15) is 0 Å². The van der Waals surface area contributed by atoms with Crippen molar-refractivity contribution in [2.45, 2.75) is 45.6 Å². The summed E-state index contributed by atoms with van der Waals surface area (Å²) in [5.74, 6) is 0.437.